The summed E-state index contributed by atoms with van der Waals surface area (Å²) in [6, 6.07) is 19.0. The molecule has 0 fully saturated rings. The van der Waals surface area contributed by atoms with Gasteiger partial charge in [0.1, 0.15) is 5.75 Å². The number of anilines is 2. The highest BCUT2D eigenvalue weighted by atomic mass is 19.4. The Balaban J connectivity index is 1.49. The van der Waals surface area contributed by atoms with Gasteiger partial charge in [0.05, 0.1) is 17.2 Å². The summed E-state index contributed by atoms with van der Waals surface area (Å²) in [5.41, 5.74) is 3.43. The van der Waals surface area contributed by atoms with Crippen molar-refractivity contribution in [2.24, 2.45) is 0 Å². The number of aromatic nitrogens is 2. The number of hydrogen-bond acceptors (Lipinski definition) is 5. The van der Waals surface area contributed by atoms with Crippen molar-refractivity contribution in [2.75, 3.05) is 5.32 Å². The third-order valence-electron chi connectivity index (χ3n) is 5.13. The van der Waals surface area contributed by atoms with E-state index in [9.17, 15) is 13.2 Å². The molecule has 1 N–H and O–H groups in total. The van der Waals surface area contributed by atoms with Gasteiger partial charge in [-0.2, -0.15) is 23.4 Å². The third kappa shape index (κ3) is 5.99. The van der Waals surface area contributed by atoms with Crippen LogP contribution in [0.4, 0.5) is 24.8 Å². The summed E-state index contributed by atoms with van der Waals surface area (Å²) in [5.74, 6) is 7.20. The number of halogens is 3. The molecule has 0 atom stereocenters. The normalized spacial score (nSPS) is 10.7. The minimum Gasteiger partial charge on any atom is -0.438 e. The molecule has 0 spiro atoms. The van der Waals surface area contributed by atoms with Gasteiger partial charge in [-0.3, -0.25) is 0 Å². The van der Waals surface area contributed by atoms with Crippen LogP contribution in [0.2, 0.25) is 0 Å². The van der Waals surface area contributed by atoms with Crippen LogP contribution in [0, 0.1) is 37.0 Å². The second-order valence-corrected chi connectivity index (χ2v) is 7.90. The summed E-state index contributed by atoms with van der Waals surface area (Å²) in [4.78, 5) is 8.60. The Morgan fingerprint density at radius 1 is 0.833 bits per heavy atom. The molecule has 8 heteroatoms. The van der Waals surface area contributed by atoms with Gasteiger partial charge in [0.2, 0.25) is 11.8 Å². The van der Waals surface area contributed by atoms with E-state index in [-0.39, 0.29) is 0 Å². The zero-order chi connectivity index (χ0) is 25.7. The largest absolute Gasteiger partial charge is 0.438 e. The van der Waals surface area contributed by atoms with E-state index < -0.39 is 11.7 Å². The first-order chi connectivity index (χ1) is 17.2. The fraction of sp³-hybridized carbons (Fsp3) is 0.107. The van der Waals surface area contributed by atoms with Crippen LogP contribution in [-0.4, -0.2) is 9.97 Å². The van der Waals surface area contributed by atoms with E-state index >= 15 is 0 Å². The maximum Gasteiger partial charge on any atom is 0.416 e. The molecule has 5 nitrogen and oxygen atoms in total. The van der Waals surface area contributed by atoms with E-state index in [4.69, 9.17) is 10.00 Å². The number of nitriles is 1. The van der Waals surface area contributed by atoms with Gasteiger partial charge in [-0.05, 0) is 85.6 Å². The Bertz CT molecular complexity index is 1470. The first-order valence-electron chi connectivity index (χ1n) is 10.8. The van der Waals surface area contributed by atoms with Gasteiger partial charge in [0.15, 0.2) is 0 Å². The van der Waals surface area contributed by atoms with Crippen LogP contribution in [0.1, 0.15) is 33.4 Å². The Hall–Kier alpha value is -4.82. The van der Waals surface area contributed by atoms with Crippen LogP contribution in [0.3, 0.4) is 0 Å². The van der Waals surface area contributed by atoms with Crippen molar-refractivity contribution >= 4 is 11.6 Å². The van der Waals surface area contributed by atoms with Crippen LogP contribution in [0.15, 0.2) is 72.9 Å². The van der Waals surface area contributed by atoms with Crippen molar-refractivity contribution in [1.29, 1.82) is 5.26 Å². The van der Waals surface area contributed by atoms with Gasteiger partial charge in [-0.1, -0.05) is 11.8 Å². The maximum atomic E-state index is 12.7. The lowest BCUT2D eigenvalue weighted by Gasteiger charge is -2.12. The van der Waals surface area contributed by atoms with Crippen molar-refractivity contribution in [2.45, 2.75) is 20.0 Å². The Labute approximate surface area is 206 Å². The lowest BCUT2D eigenvalue weighted by Crippen LogP contribution is -2.04. The molecule has 1 heterocycles. The molecule has 0 amide bonds. The molecular weight excluding hydrogens is 465 g/mol. The summed E-state index contributed by atoms with van der Waals surface area (Å²) in [7, 11) is 0. The highest BCUT2D eigenvalue weighted by Gasteiger charge is 2.29. The van der Waals surface area contributed by atoms with Crippen molar-refractivity contribution in [1.82, 2.24) is 9.97 Å². The summed E-state index contributed by atoms with van der Waals surface area (Å²) in [6.45, 7) is 3.76. The molecular formula is C28H19F3N4O. The first-order valence-corrected chi connectivity index (χ1v) is 10.8. The third-order valence-corrected chi connectivity index (χ3v) is 5.13. The van der Waals surface area contributed by atoms with E-state index in [1.54, 1.807) is 36.5 Å². The van der Waals surface area contributed by atoms with Crippen molar-refractivity contribution in [3.8, 4) is 29.5 Å². The summed E-state index contributed by atoms with van der Waals surface area (Å²) >= 11 is 0. The molecule has 0 aliphatic carbocycles. The van der Waals surface area contributed by atoms with Crippen molar-refractivity contribution in [3.05, 3.63) is 106 Å². The van der Waals surface area contributed by atoms with Gasteiger partial charge in [-0.15, -0.1) is 0 Å². The van der Waals surface area contributed by atoms with Crippen LogP contribution in [-0.2, 0) is 6.18 Å². The summed E-state index contributed by atoms with van der Waals surface area (Å²) in [5, 5.41) is 12.0. The molecule has 4 aromatic rings. The van der Waals surface area contributed by atoms with Gasteiger partial charge >= 0.3 is 6.18 Å². The van der Waals surface area contributed by atoms with Crippen LogP contribution in [0.5, 0.6) is 11.6 Å². The molecule has 0 radical (unpaired) electrons. The zero-order valence-corrected chi connectivity index (χ0v) is 19.3. The molecule has 1 aromatic heterocycles. The molecule has 3 aromatic carbocycles. The first kappa shape index (κ1) is 24.3. The SMILES string of the molecule is Cc1cc(C#Cc2ccc(C(F)(F)F)cc2)cc(C)c1Oc1ccnc(Nc2ccc(C#N)cc2)n1. The van der Waals surface area contributed by atoms with Crippen LogP contribution >= 0.6 is 0 Å². The lowest BCUT2D eigenvalue weighted by molar-refractivity contribution is -0.137. The molecule has 0 aliphatic heterocycles. The Morgan fingerprint density at radius 2 is 1.44 bits per heavy atom. The molecule has 0 unspecified atom stereocenters. The zero-order valence-electron chi connectivity index (χ0n) is 19.3. The van der Waals surface area contributed by atoms with Crippen LogP contribution in [0.25, 0.3) is 0 Å². The predicted octanol–water partition coefficient (Wildman–Crippen LogP) is 6.92. The second-order valence-electron chi connectivity index (χ2n) is 7.90. The highest BCUT2D eigenvalue weighted by molar-refractivity contribution is 5.56. The number of rotatable bonds is 4. The van der Waals surface area contributed by atoms with E-state index in [0.717, 1.165) is 28.9 Å². The minimum absolute atomic E-state index is 0.339. The number of alkyl halides is 3. The van der Waals surface area contributed by atoms with Gasteiger partial charge in [-0.25, -0.2) is 4.98 Å². The summed E-state index contributed by atoms with van der Waals surface area (Å²) in [6.07, 6.45) is -2.80. The summed E-state index contributed by atoms with van der Waals surface area (Å²) < 4.78 is 44.2. The monoisotopic (exact) mass is 484 g/mol. The number of ether oxygens (including phenoxy) is 1. The predicted molar refractivity (Wildman–Crippen MR) is 130 cm³/mol. The number of benzene rings is 3. The van der Waals surface area contributed by atoms with E-state index in [1.165, 1.54) is 12.1 Å². The van der Waals surface area contributed by atoms with E-state index in [1.807, 2.05) is 26.0 Å². The number of aryl methyl sites for hydroxylation is 2. The molecule has 178 valence electrons. The molecule has 0 aliphatic rings. The molecule has 0 saturated carbocycles. The molecule has 0 saturated heterocycles. The Morgan fingerprint density at radius 3 is 2.06 bits per heavy atom. The maximum absolute atomic E-state index is 12.7. The van der Waals surface area contributed by atoms with E-state index in [2.05, 4.69) is 33.2 Å². The molecule has 4 rings (SSSR count). The number of nitrogens with one attached hydrogen (secondary N) is 1. The number of nitrogens with zero attached hydrogens (tertiary/aromatic N) is 3. The van der Waals surface area contributed by atoms with Gasteiger partial charge < -0.3 is 10.1 Å². The fourth-order valence-electron chi connectivity index (χ4n) is 3.39. The lowest BCUT2D eigenvalue weighted by atomic mass is 10.1. The Kier molecular flexibility index (Phi) is 6.89. The van der Waals surface area contributed by atoms with Crippen LogP contribution < -0.4 is 10.1 Å². The van der Waals surface area contributed by atoms with Crippen molar-refractivity contribution in [3.63, 3.8) is 0 Å². The standard InChI is InChI=1S/C28H19F3N4O/c1-18-15-22(4-3-20-5-9-23(10-6-20)28(29,30)31)16-19(2)26(18)36-25-13-14-33-27(35-25)34-24-11-7-21(17-32)8-12-24/h5-16H,1-2H3,(H,33,34,35). The molecule has 0 bridgehead atoms. The van der Waals surface area contributed by atoms with Gasteiger partial charge in [0, 0.05) is 29.1 Å². The van der Waals surface area contributed by atoms with Crippen molar-refractivity contribution < 1.29 is 17.9 Å². The number of hydrogen-bond donors (Lipinski definition) is 1. The highest BCUT2D eigenvalue weighted by Crippen LogP contribution is 2.30. The van der Waals surface area contributed by atoms with Gasteiger partial charge in [0.25, 0.3) is 0 Å². The quantitative estimate of drug-likeness (QED) is 0.319. The topological polar surface area (TPSA) is 70.8 Å². The van der Waals surface area contributed by atoms with E-state index in [0.29, 0.717) is 34.3 Å². The average Bonchev–Trinajstić information content (AvgIpc) is 2.85. The second kappa shape index (κ2) is 10.2. The average molecular weight is 484 g/mol. The fourth-order valence-corrected chi connectivity index (χ4v) is 3.39. The molecule has 36 heavy (non-hydrogen) atoms. The smallest absolute Gasteiger partial charge is 0.416 e. The minimum atomic E-state index is -4.37.